The summed E-state index contributed by atoms with van der Waals surface area (Å²) in [6.07, 6.45) is -2.30. The molecule has 4 rings (SSSR count). The summed E-state index contributed by atoms with van der Waals surface area (Å²) in [4.78, 5) is 29.2. The van der Waals surface area contributed by atoms with E-state index in [0.717, 1.165) is 18.2 Å². The maximum absolute atomic E-state index is 15.0. The van der Waals surface area contributed by atoms with Gasteiger partial charge in [-0.05, 0) is 66.9 Å². The molecule has 2 amide bonds. The number of hydrogen-bond acceptors (Lipinski definition) is 5. The lowest BCUT2D eigenvalue weighted by molar-refractivity contribution is -0.137. The Hall–Kier alpha value is -4.51. The standard InChI is InChI=1S/C29H27F4N5O2/c1-35-27(39)22-16-37-25-15-23(29(31,32)33)20(14-21(25)26(22)38-18-7-3-2-4-8-18)17-9-10-19(24(30)13-17)28(40)36-12-6-5-11-34/h2-4,7-10,13-16H,5-6,11-12,34H2,1H3,(H,35,39)(H,36,40)(H,37,38). The highest BCUT2D eigenvalue weighted by Gasteiger charge is 2.35. The first kappa shape index (κ1) is 28.5. The fourth-order valence-corrected chi connectivity index (χ4v) is 4.25. The number of aromatic nitrogens is 1. The van der Waals surface area contributed by atoms with Crippen LogP contribution in [0.4, 0.5) is 28.9 Å². The van der Waals surface area contributed by atoms with Crippen molar-refractivity contribution in [1.82, 2.24) is 15.6 Å². The molecule has 7 nitrogen and oxygen atoms in total. The number of anilines is 2. The Morgan fingerprint density at radius 3 is 2.35 bits per heavy atom. The van der Waals surface area contributed by atoms with Gasteiger partial charge in [-0.15, -0.1) is 0 Å². The molecule has 4 aromatic rings. The van der Waals surface area contributed by atoms with Crippen molar-refractivity contribution in [2.75, 3.05) is 25.5 Å². The zero-order valence-corrected chi connectivity index (χ0v) is 21.5. The first-order valence-electron chi connectivity index (χ1n) is 12.5. The number of hydrogen-bond donors (Lipinski definition) is 4. The second-order valence-electron chi connectivity index (χ2n) is 8.98. The lowest BCUT2D eigenvalue weighted by Gasteiger charge is -2.18. The number of pyridine rings is 1. The second kappa shape index (κ2) is 12.1. The molecule has 208 valence electrons. The minimum atomic E-state index is -4.80. The van der Waals surface area contributed by atoms with Crippen LogP contribution in [0.15, 0.2) is 66.9 Å². The number of para-hydroxylation sites is 1. The van der Waals surface area contributed by atoms with Gasteiger partial charge in [-0.1, -0.05) is 24.3 Å². The third kappa shape index (κ3) is 6.20. The van der Waals surface area contributed by atoms with Crippen LogP contribution < -0.4 is 21.7 Å². The molecule has 0 aliphatic rings. The number of benzene rings is 3. The van der Waals surface area contributed by atoms with E-state index in [4.69, 9.17) is 5.73 Å². The van der Waals surface area contributed by atoms with Crippen LogP contribution in [0.25, 0.3) is 22.0 Å². The van der Waals surface area contributed by atoms with Crippen LogP contribution in [0, 0.1) is 5.82 Å². The van der Waals surface area contributed by atoms with E-state index in [0.29, 0.717) is 25.1 Å². The molecule has 40 heavy (non-hydrogen) atoms. The Morgan fingerprint density at radius 1 is 0.950 bits per heavy atom. The Kier molecular flexibility index (Phi) is 8.64. The topological polar surface area (TPSA) is 109 Å². The molecule has 1 heterocycles. The van der Waals surface area contributed by atoms with E-state index < -0.39 is 29.4 Å². The molecule has 5 N–H and O–H groups in total. The molecule has 0 aliphatic heterocycles. The molecule has 0 saturated carbocycles. The predicted molar refractivity (Wildman–Crippen MR) is 146 cm³/mol. The van der Waals surface area contributed by atoms with Gasteiger partial charge in [0.15, 0.2) is 0 Å². The van der Waals surface area contributed by atoms with Crippen LogP contribution in [0.5, 0.6) is 0 Å². The molecule has 11 heteroatoms. The molecule has 0 spiro atoms. The van der Waals surface area contributed by atoms with E-state index in [1.54, 1.807) is 30.3 Å². The highest BCUT2D eigenvalue weighted by atomic mass is 19.4. The van der Waals surface area contributed by atoms with Crippen molar-refractivity contribution >= 4 is 34.1 Å². The Balaban J connectivity index is 1.86. The number of alkyl halides is 3. The summed E-state index contributed by atoms with van der Waals surface area (Å²) in [5, 5.41) is 8.42. The van der Waals surface area contributed by atoms with Crippen molar-refractivity contribution in [3.63, 3.8) is 0 Å². The molecule has 0 bridgehead atoms. The van der Waals surface area contributed by atoms with Crippen LogP contribution in [0.3, 0.4) is 0 Å². The van der Waals surface area contributed by atoms with Crippen molar-refractivity contribution in [3.05, 3.63) is 89.4 Å². The van der Waals surface area contributed by atoms with Crippen molar-refractivity contribution in [1.29, 1.82) is 0 Å². The summed E-state index contributed by atoms with van der Waals surface area (Å²) in [6.45, 7) is 0.743. The average Bonchev–Trinajstić information content (AvgIpc) is 2.94. The van der Waals surface area contributed by atoms with Gasteiger partial charge in [-0.3, -0.25) is 14.6 Å². The molecular weight excluding hydrogens is 526 g/mol. The largest absolute Gasteiger partial charge is 0.417 e. The number of nitrogens with one attached hydrogen (secondary N) is 3. The van der Waals surface area contributed by atoms with E-state index in [2.05, 4.69) is 20.9 Å². The molecule has 0 saturated heterocycles. The fourth-order valence-electron chi connectivity index (χ4n) is 4.25. The number of unbranched alkanes of at least 4 members (excludes halogenated alkanes) is 1. The molecule has 0 radical (unpaired) electrons. The summed E-state index contributed by atoms with van der Waals surface area (Å²) in [5.41, 5.74) is 4.59. The monoisotopic (exact) mass is 553 g/mol. The summed E-state index contributed by atoms with van der Waals surface area (Å²) in [6, 6.07) is 14.2. The van der Waals surface area contributed by atoms with Crippen molar-refractivity contribution in [2.24, 2.45) is 5.73 Å². The van der Waals surface area contributed by atoms with Crippen LogP contribution >= 0.6 is 0 Å². The molecule has 0 fully saturated rings. The summed E-state index contributed by atoms with van der Waals surface area (Å²) in [7, 11) is 1.43. The third-order valence-corrected chi connectivity index (χ3v) is 6.27. The maximum Gasteiger partial charge on any atom is 0.417 e. The van der Waals surface area contributed by atoms with Crippen molar-refractivity contribution < 1.29 is 27.2 Å². The summed E-state index contributed by atoms with van der Waals surface area (Å²) >= 11 is 0. The summed E-state index contributed by atoms with van der Waals surface area (Å²) < 4.78 is 57.7. The van der Waals surface area contributed by atoms with E-state index in [-0.39, 0.29) is 45.4 Å². The molecule has 0 atom stereocenters. The highest BCUT2D eigenvalue weighted by molar-refractivity contribution is 6.09. The van der Waals surface area contributed by atoms with Gasteiger partial charge < -0.3 is 21.7 Å². The minimum absolute atomic E-state index is 0.0175. The van der Waals surface area contributed by atoms with Gasteiger partial charge in [0.05, 0.1) is 27.9 Å². The lowest BCUT2D eigenvalue weighted by Crippen LogP contribution is -2.25. The number of amides is 2. The number of nitrogens with zero attached hydrogens (tertiary/aromatic N) is 1. The quantitative estimate of drug-likeness (QED) is 0.159. The molecule has 3 aromatic carbocycles. The highest BCUT2D eigenvalue weighted by Crippen LogP contribution is 2.42. The van der Waals surface area contributed by atoms with Gasteiger partial charge in [0, 0.05) is 30.9 Å². The van der Waals surface area contributed by atoms with Gasteiger partial charge in [0.1, 0.15) is 5.82 Å². The van der Waals surface area contributed by atoms with Crippen molar-refractivity contribution in [3.8, 4) is 11.1 Å². The summed E-state index contributed by atoms with van der Waals surface area (Å²) in [5.74, 6) is -2.14. The second-order valence-corrected chi connectivity index (χ2v) is 8.98. The Morgan fingerprint density at radius 2 is 1.70 bits per heavy atom. The number of fused-ring (bicyclic) bond motifs is 1. The molecule has 1 aromatic heterocycles. The fraction of sp³-hybridized carbons (Fsp3) is 0.207. The van der Waals surface area contributed by atoms with Crippen LogP contribution in [0.2, 0.25) is 0 Å². The van der Waals surface area contributed by atoms with E-state index in [1.165, 1.54) is 25.4 Å². The SMILES string of the molecule is CNC(=O)c1cnc2cc(C(F)(F)F)c(-c3ccc(C(=O)NCCCCN)c(F)c3)cc2c1Nc1ccccc1. The van der Waals surface area contributed by atoms with Crippen molar-refractivity contribution in [2.45, 2.75) is 19.0 Å². The average molecular weight is 554 g/mol. The maximum atomic E-state index is 15.0. The predicted octanol–water partition coefficient (Wildman–Crippen LogP) is 5.63. The number of halogens is 4. The van der Waals surface area contributed by atoms with Gasteiger partial charge >= 0.3 is 6.18 Å². The van der Waals surface area contributed by atoms with E-state index in [9.17, 15) is 22.8 Å². The van der Waals surface area contributed by atoms with E-state index >= 15 is 4.39 Å². The molecule has 0 aliphatic carbocycles. The zero-order chi connectivity index (χ0) is 28.9. The van der Waals surface area contributed by atoms with E-state index in [1.807, 2.05) is 0 Å². The van der Waals surface area contributed by atoms with Gasteiger partial charge in [0.2, 0.25) is 0 Å². The van der Waals surface area contributed by atoms with Crippen LogP contribution in [-0.2, 0) is 6.18 Å². The lowest BCUT2D eigenvalue weighted by atomic mass is 9.94. The first-order chi connectivity index (χ1) is 19.1. The zero-order valence-electron chi connectivity index (χ0n) is 21.5. The Bertz CT molecular complexity index is 1540. The number of nitrogens with two attached hydrogens (primary N) is 1. The normalized spacial score (nSPS) is 11.3. The number of carbonyl (C=O) groups is 2. The van der Waals surface area contributed by atoms with Gasteiger partial charge in [0.25, 0.3) is 11.8 Å². The smallest absolute Gasteiger partial charge is 0.355 e. The molecular formula is C29H27F4N5O2. The molecule has 0 unspecified atom stereocenters. The number of carbonyl (C=O) groups excluding carboxylic acids is 2. The first-order valence-corrected chi connectivity index (χ1v) is 12.5. The third-order valence-electron chi connectivity index (χ3n) is 6.27. The van der Waals surface area contributed by atoms with Gasteiger partial charge in [-0.25, -0.2) is 4.39 Å². The minimum Gasteiger partial charge on any atom is -0.355 e. The Labute approximate surface area is 227 Å². The number of rotatable bonds is 9. The van der Waals surface area contributed by atoms with Crippen LogP contribution in [0.1, 0.15) is 39.1 Å². The van der Waals surface area contributed by atoms with Crippen LogP contribution in [-0.4, -0.2) is 36.9 Å². The van der Waals surface area contributed by atoms with Gasteiger partial charge in [-0.2, -0.15) is 13.2 Å².